The molecule has 1 fully saturated rings. The highest BCUT2D eigenvalue weighted by atomic mass is 79.9. The lowest BCUT2D eigenvalue weighted by Gasteiger charge is -2.40. The number of hydrogen-bond donors (Lipinski definition) is 0. The molecule has 92 valence electrons. The van der Waals surface area contributed by atoms with Gasteiger partial charge in [0.05, 0.1) is 13.0 Å². The molecule has 1 aromatic carbocycles. The third-order valence-electron chi connectivity index (χ3n) is 3.82. The second kappa shape index (κ2) is 5.21. The fraction of sp³-hybridized carbons (Fsp3) is 0.500. The highest BCUT2D eigenvalue weighted by Crippen LogP contribution is 2.47. The van der Waals surface area contributed by atoms with Crippen molar-refractivity contribution in [2.24, 2.45) is 11.8 Å². The van der Waals surface area contributed by atoms with Crippen molar-refractivity contribution < 1.29 is 9.53 Å². The van der Waals surface area contributed by atoms with Crippen molar-refractivity contribution in [3.8, 4) is 0 Å². The van der Waals surface area contributed by atoms with Crippen molar-refractivity contribution in [3.05, 3.63) is 34.3 Å². The van der Waals surface area contributed by atoms with Crippen LogP contribution in [0.3, 0.4) is 0 Å². The molecule has 3 heteroatoms. The molecule has 0 radical (unpaired) electrons. The Morgan fingerprint density at radius 3 is 2.76 bits per heavy atom. The van der Waals surface area contributed by atoms with Crippen LogP contribution in [-0.4, -0.2) is 13.1 Å². The molecule has 1 saturated carbocycles. The molecule has 2 rings (SSSR count). The number of ether oxygens (including phenoxy) is 1. The van der Waals surface area contributed by atoms with Gasteiger partial charge < -0.3 is 4.74 Å². The van der Waals surface area contributed by atoms with Crippen molar-refractivity contribution in [1.82, 2.24) is 0 Å². The van der Waals surface area contributed by atoms with Crippen LogP contribution in [0.25, 0.3) is 0 Å². The Hall–Kier alpha value is -0.830. The van der Waals surface area contributed by atoms with Crippen molar-refractivity contribution in [3.63, 3.8) is 0 Å². The summed E-state index contributed by atoms with van der Waals surface area (Å²) in [4.78, 5) is 11.6. The van der Waals surface area contributed by atoms with E-state index in [1.54, 1.807) is 0 Å². The van der Waals surface area contributed by atoms with E-state index in [0.29, 0.717) is 11.8 Å². The summed E-state index contributed by atoms with van der Waals surface area (Å²) in [6, 6.07) is 8.38. The Morgan fingerprint density at radius 2 is 2.24 bits per heavy atom. The number of rotatable bonds is 3. The van der Waals surface area contributed by atoms with Crippen LogP contribution in [0.2, 0.25) is 0 Å². The van der Waals surface area contributed by atoms with Crippen molar-refractivity contribution in [2.75, 3.05) is 7.11 Å². The summed E-state index contributed by atoms with van der Waals surface area (Å²) in [5.41, 5.74) is 1.33. The smallest absolute Gasteiger partial charge is 0.308 e. The maximum absolute atomic E-state index is 11.6. The van der Waals surface area contributed by atoms with E-state index in [2.05, 4.69) is 34.1 Å². The van der Waals surface area contributed by atoms with E-state index in [4.69, 9.17) is 4.74 Å². The quantitative estimate of drug-likeness (QED) is 0.794. The molecule has 0 saturated heterocycles. The number of carbonyl (C=O) groups excluding carboxylic acids is 1. The Kier molecular flexibility index (Phi) is 3.87. The highest BCUT2D eigenvalue weighted by Gasteiger charge is 2.39. The van der Waals surface area contributed by atoms with Gasteiger partial charge in [0.15, 0.2) is 0 Å². The first-order valence-corrected chi connectivity index (χ1v) is 6.76. The first-order valence-electron chi connectivity index (χ1n) is 5.96. The SMILES string of the molecule is COC(=O)C(C)C1CCC1c1cccc(Br)c1. The number of halogens is 1. The molecule has 0 aliphatic heterocycles. The lowest BCUT2D eigenvalue weighted by molar-refractivity contribution is -0.148. The average molecular weight is 297 g/mol. The van der Waals surface area contributed by atoms with E-state index in [1.807, 2.05) is 13.0 Å². The van der Waals surface area contributed by atoms with Gasteiger partial charge in [0.25, 0.3) is 0 Å². The fourth-order valence-corrected chi connectivity index (χ4v) is 3.05. The predicted octanol–water partition coefficient (Wildman–Crippen LogP) is 3.75. The van der Waals surface area contributed by atoms with Gasteiger partial charge in [-0.1, -0.05) is 35.0 Å². The molecule has 0 N–H and O–H groups in total. The molecule has 3 atom stereocenters. The van der Waals surface area contributed by atoms with E-state index < -0.39 is 0 Å². The summed E-state index contributed by atoms with van der Waals surface area (Å²) < 4.78 is 5.93. The summed E-state index contributed by atoms with van der Waals surface area (Å²) in [6.45, 7) is 1.97. The van der Waals surface area contributed by atoms with Gasteiger partial charge in [0.1, 0.15) is 0 Å². The fourth-order valence-electron chi connectivity index (χ4n) is 2.64. The highest BCUT2D eigenvalue weighted by molar-refractivity contribution is 9.10. The first-order chi connectivity index (χ1) is 8.13. The maximum Gasteiger partial charge on any atom is 0.308 e. The second-order valence-corrected chi connectivity index (χ2v) is 5.63. The molecule has 0 heterocycles. The molecule has 0 amide bonds. The van der Waals surface area contributed by atoms with Gasteiger partial charge in [0, 0.05) is 4.47 Å². The topological polar surface area (TPSA) is 26.3 Å². The first kappa shape index (κ1) is 12.6. The monoisotopic (exact) mass is 296 g/mol. The molecule has 1 aliphatic rings. The van der Waals surface area contributed by atoms with Crippen LogP contribution < -0.4 is 0 Å². The lowest BCUT2D eigenvalue weighted by atomic mass is 9.65. The molecule has 3 unspecified atom stereocenters. The van der Waals surface area contributed by atoms with E-state index in [-0.39, 0.29) is 11.9 Å². The van der Waals surface area contributed by atoms with Gasteiger partial charge in [-0.05, 0) is 42.4 Å². The van der Waals surface area contributed by atoms with Gasteiger partial charge in [-0.3, -0.25) is 4.79 Å². The van der Waals surface area contributed by atoms with E-state index in [1.165, 1.54) is 19.1 Å². The Bertz CT molecular complexity index is 416. The van der Waals surface area contributed by atoms with Crippen LogP contribution in [-0.2, 0) is 9.53 Å². The third kappa shape index (κ3) is 2.54. The standard InChI is InChI=1S/C14H17BrO2/c1-9(14(16)17-2)12-6-7-13(12)10-4-3-5-11(15)8-10/h3-5,8-9,12-13H,6-7H2,1-2H3. The zero-order chi connectivity index (χ0) is 12.4. The van der Waals surface area contributed by atoms with E-state index in [9.17, 15) is 4.79 Å². The zero-order valence-corrected chi connectivity index (χ0v) is 11.7. The van der Waals surface area contributed by atoms with Gasteiger partial charge >= 0.3 is 5.97 Å². The summed E-state index contributed by atoms with van der Waals surface area (Å²) in [6.07, 6.45) is 2.29. The largest absolute Gasteiger partial charge is 0.469 e. The lowest BCUT2D eigenvalue weighted by Crippen LogP contribution is -2.34. The van der Waals surface area contributed by atoms with Crippen LogP contribution >= 0.6 is 15.9 Å². The van der Waals surface area contributed by atoms with E-state index >= 15 is 0 Å². The van der Waals surface area contributed by atoms with Gasteiger partial charge in [-0.2, -0.15) is 0 Å². The Balaban J connectivity index is 2.11. The van der Waals surface area contributed by atoms with Crippen LogP contribution in [0.1, 0.15) is 31.2 Å². The number of esters is 1. The van der Waals surface area contributed by atoms with E-state index in [0.717, 1.165) is 10.9 Å². The van der Waals surface area contributed by atoms with Crippen molar-refractivity contribution in [1.29, 1.82) is 0 Å². The number of hydrogen-bond acceptors (Lipinski definition) is 2. The summed E-state index contributed by atoms with van der Waals surface area (Å²) >= 11 is 3.49. The molecule has 0 bridgehead atoms. The Labute approximate surface area is 110 Å². The minimum Gasteiger partial charge on any atom is -0.469 e. The van der Waals surface area contributed by atoms with Crippen LogP contribution in [0, 0.1) is 11.8 Å². The molecule has 17 heavy (non-hydrogen) atoms. The number of benzene rings is 1. The molecular formula is C14H17BrO2. The van der Waals surface area contributed by atoms with Crippen molar-refractivity contribution >= 4 is 21.9 Å². The van der Waals surface area contributed by atoms with Crippen molar-refractivity contribution in [2.45, 2.75) is 25.7 Å². The van der Waals surface area contributed by atoms with Gasteiger partial charge in [-0.25, -0.2) is 0 Å². The van der Waals surface area contributed by atoms with Gasteiger partial charge in [-0.15, -0.1) is 0 Å². The summed E-state index contributed by atoms with van der Waals surface area (Å²) in [5, 5.41) is 0. The predicted molar refractivity (Wildman–Crippen MR) is 70.8 cm³/mol. The third-order valence-corrected chi connectivity index (χ3v) is 4.31. The second-order valence-electron chi connectivity index (χ2n) is 4.71. The molecule has 0 spiro atoms. The molecule has 0 aromatic heterocycles. The Morgan fingerprint density at radius 1 is 1.47 bits per heavy atom. The summed E-state index contributed by atoms with van der Waals surface area (Å²) in [7, 11) is 1.46. The average Bonchev–Trinajstić information content (AvgIpc) is 2.26. The summed E-state index contributed by atoms with van der Waals surface area (Å²) in [5.74, 6) is 0.839. The van der Waals surface area contributed by atoms with Crippen LogP contribution in [0.15, 0.2) is 28.7 Å². The number of methoxy groups -OCH3 is 1. The molecular weight excluding hydrogens is 280 g/mol. The molecule has 2 nitrogen and oxygen atoms in total. The zero-order valence-electron chi connectivity index (χ0n) is 10.2. The molecule has 1 aromatic rings. The number of carbonyl (C=O) groups is 1. The molecule has 1 aliphatic carbocycles. The minimum absolute atomic E-state index is 0.00210. The van der Waals surface area contributed by atoms with Crippen LogP contribution in [0.5, 0.6) is 0 Å². The minimum atomic E-state index is -0.0882. The normalized spacial score (nSPS) is 24.9. The maximum atomic E-state index is 11.6. The van der Waals surface area contributed by atoms with Crippen LogP contribution in [0.4, 0.5) is 0 Å². The van der Waals surface area contributed by atoms with Gasteiger partial charge in [0.2, 0.25) is 0 Å².